The summed E-state index contributed by atoms with van der Waals surface area (Å²) in [6.07, 6.45) is 1.25. The fourth-order valence-corrected chi connectivity index (χ4v) is 4.49. The first-order valence-electron chi connectivity index (χ1n) is 8.50. The normalized spacial score (nSPS) is 14.6. The van der Waals surface area contributed by atoms with Gasteiger partial charge in [0.15, 0.2) is 0 Å². The van der Waals surface area contributed by atoms with Gasteiger partial charge in [-0.2, -0.15) is 0 Å². The van der Waals surface area contributed by atoms with E-state index in [-0.39, 0.29) is 21.5 Å². The van der Waals surface area contributed by atoms with E-state index in [0.717, 1.165) is 6.42 Å². The number of amides is 1. The van der Waals surface area contributed by atoms with Crippen LogP contribution in [0, 0.1) is 0 Å². The van der Waals surface area contributed by atoms with E-state index >= 15 is 0 Å². The maximum Gasteiger partial charge on any atom is 0.336 e. The Morgan fingerprint density at radius 1 is 1.04 bits per heavy atom. The van der Waals surface area contributed by atoms with Gasteiger partial charge in [-0.3, -0.25) is 9.52 Å². The summed E-state index contributed by atoms with van der Waals surface area (Å²) in [7, 11) is -3.88. The number of carbonyl (C=O) groups is 1. The van der Waals surface area contributed by atoms with Gasteiger partial charge in [-0.05, 0) is 48.9 Å². The molecule has 3 aromatic rings. The second kappa shape index (κ2) is 6.96. The lowest BCUT2D eigenvalue weighted by molar-refractivity contribution is -0.117. The number of nitrogens with zero attached hydrogens (tertiary/aromatic N) is 1. The molecule has 1 fully saturated rings. The van der Waals surface area contributed by atoms with Gasteiger partial charge in [0, 0.05) is 24.4 Å². The molecule has 1 aliphatic heterocycles. The third-order valence-electron chi connectivity index (χ3n) is 4.47. The van der Waals surface area contributed by atoms with E-state index in [0.29, 0.717) is 29.6 Å². The van der Waals surface area contributed by atoms with Crippen molar-refractivity contribution < 1.29 is 17.6 Å². The third-order valence-corrected chi connectivity index (χ3v) is 6.15. The molecule has 28 heavy (non-hydrogen) atoms. The molecule has 0 radical (unpaired) electrons. The number of hydrogen-bond donors (Lipinski definition) is 1. The summed E-state index contributed by atoms with van der Waals surface area (Å²) < 4.78 is 32.9. The number of nitrogens with one attached hydrogen (secondary N) is 1. The van der Waals surface area contributed by atoms with E-state index in [1.165, 1.54) is 36.4 Å². The summed E-state index contributed by atoms with van der Waals surface area (Å²) in [4.78, 5) is 24.7. The van der Waals surface area contributed by atoms with Gasteiger partial charge in [-0.15, -0.1) is 0 Å². The molecule has 2 aromatic carbocycles. The van der Waals surface area contributed by atoms with Crippen molar-refractivity contribution in [3.05, 3.63) is 64.0 Å². The van der Waals surface area contributed by atoms with E-state index in [2.05, 4.69) is 4.72 Å². The van der Waals surface area contributed by atoms with E-state index < -0.39 is 15.6 Å². The van der Waals surface area contributed by atoms with Crippen LogP contribution in [0.15, 0.2) is 62.6 Å². The van der Waals surface area contributed by atoms with Crippen LogP contribution in [0.2, 0.25) is 5.02 Å². The molecule has 0 saturated carbocycles. The minimum Gasteiger partial charge on any atom is -0.423 e. The molecule has 4 rings (SSSR count). The van der Waals surface area contributed by atoms with E-state index in [9.17, 15) is 18.0 Å². The van der Waals surface area contributed by atoms with Crippen molar-refractivity contribution in [2.75, 3.05) is 16.2 Å². The highest BCUT2D eigenvalue weighted by Gasteiger charge is 2.24. The van der Waals surface area contributed by atoms with Gasteiger partial charge < -0.3 is 9.32 Å². The number of hydrogen-bond acceptors (Lipinski definition) is 5. The van der Waals surface area contributed by atoms with Crippen LogP contribution >= 0.6 is 11.6 Å². The maximum absolute atomic E-state index is 12.7. The monoisotopic (exact) mass is 418 g/mol. The lowest BCUT2D eigenvalue weighted by Gasteiger charge is -2.18. The lowest BCUT2D eigenvalue weighted by Crippen LogP contribution is -2.24. The Bertz CT molecular complexity index is 1250. The summed E-state index contributed by atoms with van der Waals surface area (Å²) in [6, 6.07) is 11.6. The summed E-state index contributed by atoms with van der Waals surface area (Å²) in [5.74, 6) is -0.00181. The largest absolute Gasteiger partial charge is 0.423 e. The second-order valence-electron chi connectivity index (χ2n) is 6.37. The van der Waals surface area contributed by atoms with Crippen LogP contribution < -0.4 is 15.2 Å². The molecular formula is C19H15ClN2O5S. The number of fused-ring (bicyclic) bond motifs is 1. The average Bonchev–Trinajstić information content (AvgIpc) is 3.06. The van der Waals surface area contributed by atoms with Gasteiger partial charge in [0.1, 0.15) is 5.58 Å². The van der Waals surface area contributed by atoms with Crippen molar-refractivity contribution in [2.45, 2.75) is 17.7 Å². The molecule has 2 heterocycles. The molecule has 0 spiro atoms. The molecule has 144 valence electrons. The first-order valence-corrected chi connectivity index (χ1v) is 10.4. The zero-order valence-electron chi connectivity index (χ0n) is 14.5. The minimum absolute atomic E-state index is 0.00181. The molecule has 1 aliphatic rings. The van der Waals surface area contributed by atoms with Gasteiger partial charge >= 0.3 is 5.63 Å². The predicted octanol–water partition coefficient (Wildman–Crippen LogP) is 3.37. The van der Waals surface area contributed by atoms with Crippen LogP contribution in [-0.4, -0.2) is 20.9 Å². The van der Waals surface area contributed by atoms with Crippen LogP contribution in [-0.2, 0) is 14.8 Å². The number of anilines is 2. The van der Waals surface area contributed by atoms with Crippen molar-refractivity contribution in [1.82, 2.24) is 0 Å². The summed E-state index contributed by atoms with van der Waals surface area (Å²) in [5, 5.41) is 0.777. The van der Waals surface area contributed by atoms with Gasteiger partial charge in [-0.25, -0.2) is 13.2 Å². The standard InChI is InChI=1S/C19H15ClN2O5S/c20-15-11-13(4-6-16(15)22-9-1-2-18(22)23)21-28(25,26)14-5-7-17-12(10-14)3-8-19(24)27-17/h3-8,10-11,21H,1-2,9H2. The zero-order valence-corrected chi connectivity index (χ0v) is 16.1. The summed E-state index contributed by atoms with van der Waals surface area (Å²) >= 11 is 6.27. The van der Waals surface area contributed by atoms with Crippen molar-refractivity contribution in [3.8, 4) is 0 Å². The first-order chi connectivity index (χ1) is 13.3. The maximum atomic E-state index is 12.7. The first kappa shape index (κ1) is 18.5. The van der Waals surface area contributed by atoms with E-state index in [1.54, 1.807) is 17.0 Å². The van der Waals surface area contributed by atoms with Crippen LogP contribution in [0.4, 0.5) is 11.4 Å². The highest BCUT2D eigenvalue weighted by molar-refractivity contribution is 7.92. The Balaban J connectivity index is 1.62. The second-order valence-corrected chi connectivity index (χ2v) is 8.46. The molecular weight excluding hydrogens is 404 g/mol. The number of sulfonamides is 1. The smallest absolute Gasteiger partial charge is 0.336 e. The highest BCUT2D eigenvalue weighted by atomic mass is 35.5. The Morgan fingerprint density at radius 3 is 2.57 bits per heavy atom. The van der Waals surface area contributed by atoms with E-state index in [4.69, 9.17) is 16.0 Å². The molecule has 0 atom stereocenters. The van der Waals surface area contributed by atoms with Gasteiger partial charge in [0.25, 0.3) is 10.0 Å². The fraction of sp³-hybridized carbons (Fsp3) is 0.158. The number of rotatable bonds is 4. The Kier molecular flexibility index (Phi) is 4.60. The third kappa shape index (κ3) is 3.48. The van der Waals surface area contributed by atoms with Crippen molar-refractivity contribution >= 4 is 49.9 Å². The fourth-order valence-electron chi connectivity index (χ4n) is 3.12. The highest BCUT2D eigenvalue weighted by Crippen LogP contribution is 2.32. The Morgan fingerprint density at radius 2 is 1.86 bits per heavy atom. The average molecular weight is 419 g/mol. The van der Waals surface area contributed by atoms with Crippen LogP contribution in [0.3, 0.4) is 0 Å². The molecule has 1 amide bonds. The SMILES string of the molecule is O=C1CCCN1c1ccc(NS(=O)(=O)c2ccc3oc(=O)ccc3c2)cc1Cl. The molecule has 1 aromatic heterocycles. The molecule has 7 nitrogen and oxygen atoms in total. The number of carbonyl (C=O) groups excluding carboxylic acids is 1. The summed E-state index contributed by atoms with van der Waals surface area (Å²) in [6.45, 7) is 0.594. The lowest BCUT2D eigenvalue weighted by atomic mass is 10.2. The van der Waals surface area contributed by atoms with Crippen LogP contribution in [0.25, 0.3) is 11.0 Å². The topological polar surface area (TPSA) is 96.7 Å². The number of benzene rings is 2. The molecule has 1 saturated heterocycles. The van der Waals surface area contributed by atoms with Crippen molar-refractivity contribution in [3.63, 3.8) is 0 Å². The van der Waals surface area contributed by atoms with Gasteiger partial charge in [0.05, 0.1) is 21.3 Å². The van der Waals surface area contributed by atoms with Crippen LogP contribution in [0.5, 0.6) is 0 Å². The van der Waals surface area contributed by atoms with Crippen LogP contribution in [0.1, 0.15) is 12.8 Å². The molecule has 0 bridgehead atoms. The van der Waals surface area contributed by atoms with E-state index in [1.807, 2.05) is 0 Å². The Labute approximate surface area is 165 Å². The van der Waals surface area contributed by atoms with Crippen molar-refractivity contribution in [1.29, 1.82) is 0 Å². The van der Waals surface area contributed by atoms with Crippen molar-refractivity contribution in [2.24, 2.45) is 0 Å². The zero-order chi connectivity index (χ0) is 19.9. The molecule has 0 unspecified atom stereocenters. The Hall–Kier alpha value is -2.84. The van der Waals surface area contributed by atoms with Gasteiger partial charge in [-0.1, -0.05) is 11.6 Å². The minimum atomic E-state index is -3.88. The number of halogens is 1. The summed E-state index contributed by atoms with van der Waals surface area (Å²) in [5.41, 5.74) is 0.634. The predicted molar refractivity (Wildman–Crippen MR) is 106 cm³/mol. The molecule has 9 heteroatoms. The molecule has 0 aliphatic carbocycles. The quantitative estimate of drug-likeness (QED) is 0.655. The van der Waals surface area contributed by atoms with Gasteiger partial charge in [0.2, 0.25) is 5.91 Å². The molecule has 1 N–H and O–H groups in total.